The van der Waals surface area contributed by atoms with Gasteiger partial charge in [0.25, 0.3) is 0 Å². The summed E-state index contributed by atoms with van der Waals surface area (Å²) in [7, 11) is 0. The van der Waals surface area contributed by atoms with Gasteiger partial charge < -0.3 is 18.9 Å². The van der Waals surface area contributed by atoms with E-state index in [2.05, 4.69) is 31.1 Å². The molecule has 0 unspecified atom stereocenters. The number of halogens is 2. The number of hydrogen-bond donors (Lipinski definition) is 1. The molecule has 0 fully saturated rings. The Hall–Kier alpha value is -3.73. The van der Waals surface area contributed by atoms with Crippen molar-refractivity contribution in [2.45, 2.75) is 66.0 Å². The maximum Gasteiger partial charge on any atom is 0.586 e. The number of carbonyl (C=O) groups excluding carboxylic acids is 1. The van der Waals surface area contributed by atoms with Crippen molar-refractivity contribution in [3.63, 3.8) is 0 Å². The van der Waals surface area contributed by atoms with E-state index in [9.17, 15) is 13.6 Å². The van der Waals surface area contributed by atoms with Crippen LogP contribution >= 0.6 is 0 Å². The number of rotatable bonds is 7. The number of nitrogens with one attached hydrogen (secondary N) is 1. The van der Waals surface area contributed by atoms with Crippen LogP contribution in [-0.4, -0.2) is 45.2 Å². The number of aromatic amines is 1. The average molecular weight is 529 g/mol. The summed E-state index contributed by atoms with van der Waals surface area (Å²) in [5.41, 5.74) is 3.19. The Balaban J connectivity index is 1.34. The van der Waals surface area contributed by atoms with Gasteiger partial charge in [-0.1, -0.05) is 36.4 Å². The average Bonchev–Trinajstić information content (AvgIpc) is 3.42. The Morgan fingerprint density at radius 3 is 2.79 bits per heavy atom. The second-order valence-corrected chi connectivity index (χ2v) is 10.4. The maximum atomic E-state index is 13.7. The van der Waals surface area contributed by atoms with Gasteiger partial charge in [-0.3, -0.25) is 9.69 Å². The maximum absolute atomic E-state index is 13.7. The Morgan fingerprint density at radius 2 is 2.05 bits per heavy atom. The predicted octanol–water partition coefficient (Wildman–Crippen LogP) is 4.78. The van der Waals surface area contributed by atoms with Crippen molar-refractivity contribution < 1.29 is 32.5 Å². The van der Waals surface area contributed by atoms with Crippen LogP contribution in [0.5, 0.6) is 23.1 Å². The lowest BCUT2D eigenvalue weighted by Gasteiger charge is -2.25. The van der Waals surface area contributed by atoms with E-state index in [0.717, 1.165) is 22.3 Å². The predicted molar refractivity (Wildman–Crippen MR) is 132 cm³/mol. The number of benzene rings is 2. The summed E-state index contributed by atoms with van der Waals surface area (Å²) in [6.45, 7) is 9.43. The zero-order valence-electron chi connectivity index (χ0n) is 21.7. The molecular weight excluding hydrogens is 498 g/mol. The molecule has 0 amide bonds. The minimum Gasteiger partial charge on any atom is -0.485 e. The van der Waals surface area contributed by atoms with Gasteiger partial charge in [-0.2, -0.15) is 0 Å². The standard InChI is InChI=1S/C27H30F2N4O5/c1-5-20-15-33(13-18-8-9-21-24(23(18)35-20)38-27(28,29)37-21)14-19-10-17(7-6-16(19)2)11-26(3,4)25(34)36-22-12-30-32-31-22/h6-10,12,20H,5,11,13-15H2,1-4H3,(H,30,31,32)/t20-/m1/s1. The smallest absolute Gasteiger partial charge is 0.485 e. The molecule has 1 atom stereocenters. The van der Waals surface area contributed by atoms with E-state index in [4.69, 9.17) is 14.2 Å². The van der Waals surface area contributed by atoms with Gasteiger partial charge in [0.1, 0.15) is 12.3 Å². The summed E-state index contributed by atoms with van der Waals surface area (Å²) in [6, 6.07) is 9.41. The molecular formula is C27H30F2N4O5. The summed E-state index contributed by atoms with van der Waals surface area (Å²) >= 11 is 0. The van der Waals surface area contributed by atoms with Crippen molar-refractivity contribution in [1.29, 1.82) is 0 Å². The molecule has 3 aromatic rings. The van der Waals surface area contributed by atoms with E-state index in [0.29, 0.717) is 38.2 Å². The second-order valence-electron chi connectivity index (χ2n) is 10.4. The fourth-order valence-electron chi connectivity index (χ4n) is 4.72. The molecule has 2 aliphatic heterocycles. The molecule has 2 aliphatic rings. The molecule has 0 saturated carbocycles. The first kappa shape index (κ1) is 25.9. The molecule has 0 saturated heterocycles. The van der Waals surface area contributed by atoms with Crippen LogP contribution in [0.15, 0.2) is 36.5 Å². The summed E-state index contributed by atoms with van der Waals surface area (Å²) in [5.74, 6) is 0.0546. The van der Waals surface area contributed by atoms with E-state index in [1.807, 2.05) is 39.8 Å². The number of carbonyl (C=O) groups is 1. The zero-order chi connectivity index (χ0) is 27.1. The number of aryl methyl sites for hydroxylation is 1. The molecule has 0 aliphatic carbocycles. The van der Waals surface area contributed by atoms with Gasteiger partial charge >= 0.3 is 12.3 Å². The quantitative estimate of drug-likeness (QED) is 0.438. The normalized spacial score (nSPS) is 18.4. The highest BCUT2D eigenvalue weighted by Gasteiger charge is 2.46. The summed E-state index contributed by atoms with van der Waals surface area (Å²) in [5, 5.41) is 9.72. The lowest BCUT2D eigenvalue weighted by Crippen LogP contribution is -2.32. The Morgan fingerprint density at radius 1 is 1.24 bits per heavy atom. The van der Waals surface area contributed by atoms with E-state index >= 15 is 0 Å². The van der Waals surface area contributed by atoms with E-state index < -0.39 is 11.7 Å². The van der Waals surface area contributed by atoms with Gasteiger partial charge in [0, 0.05) is 25.2 Å². The molecule has 5 rings (SSSR count). The van der Waals surface area contributed by atoms with Crippen LogP contribution in [0, 0.1) is 12.3 Å². The molecule has 1 N–H and O–H groups in total. The van der Waals surface area contributed by atoms with Gasteiger partial charge in [-0.05, 0) is 56.4 Å². The first-order valence-electron chi connectivity index (χ1n) is 12.5. The Bertz CT molecular complexity index is 1330. The first-order chi connectivity index (χ1) is 18.0. The molecule has 0 spiro atoms. The van der Waals surface area contributed by atoms with E-state index in [1.54, 1.807) is 6.07 Å². The topological polar surface area (TPSA) is 98.8 Å². The molecule has 2 aromatic carbocycles. The molecule has 9 nitrogen and oxygen atoms in total. The zero-order valence-corrected chi connectivity index (χ0v) is 21.7. The summed E-state index contributed by atoms with van der Waals surface area (Å²) in [6.07, 6.45) is -1.40. The van der Waals surface area contributed by atoms with Crippen LogP contribution in [-0.2, 0) is 24.3 Å². The number of hydrogen-bond acceptors (Lipinski definition) is 8. The highest BCUT2D eigenvalue weighted by Crippen LogP contribution is 2.50. The van der Waals surface area contributed by atoms with Crippen molar-refractivity contribution >= 4 is 5.97 Å². The van der Waals surface area contributed by atoms with Crippen molar-refractivity contribution in [3.05, 3.63) is 58.8 Å². The number of H-pyrrole nitrogens is 1. The number of alkyl halides is 2. The molecule has 202 valence electrons. The number of aromatic nitrogens is 3. The van der Waals surface area contributed by atoms with E-state index in [-0.39, 0.29) is 29.5 Å². The first-order valence-corrected chi connectivity index (χ1v) is 12.5. The fourth-order valence-corrected chi connectivity index (χ4v) is 4.72. The largest absolute Gasteiger partial charge is 0.586 e. The van der Waals surface area contributed by atoms with Crippen LogP contribution in [0.2, 0.25) is 0 Å². The number of nitrogens with zero attached hydrogens (tertiary/aromatic N) is 3. The minimum atomic E-state index is -3.71. The van der Waals surface area contributed by atoms with E-state index in [1.165, 1.54) is 12.3 Å². The molecule has 1 aromatic heterocycles. The van der Waals surface area contributed by atoms with Gasteiger partial charge in [0.15, 0.2) is 11.5 Å². The lowest BCUT2D eigenvalue weighted by atomic mass is 9.85. The SMILES string of the molecule is CC[C@@H]1CN(Cc2cc(CC(C)(C)C(=O)Oc3cnn[nH]3)ccc2C)Cc2ccc3c(c2O1)OC(F)(F)O3. The van der Waals surface area contributed by atoms with Crippen LogP contribution < -0.4 is 18.9 Å². The highest BCUT2D eigenvalue weighted by atomic mass is 19.3. The molecule has 38 heavy (non-hydrogen) atoms. The Kier molecular flexibility index (Phi) is 6.72. The third kappa shape index (κ3) is 5.42. The van der Waals surface area contributed by atoms with Crippen molar-refractivity contribution in [3.8, 4) is 23.1 Å². The van der Waals surface area contributed by atoms with Crippen molar-refractivity contribution in [2.75, 3.05) is 6.54 Å². The monoisotopic (exact) mass is 528 g/mol. The highest BCUT2D eigenvalue weighted by molar-refractivity contribution is 5.78. The van der Waals surface area contributed by atoms with Gasteiger partial charge in [-0.25, -0.2) is 5.10 Å². The Labute approximate surface area is 219 Å². The van der Waals surface area contributed by atoms with Crippen LogP contribution in [0.4, 0.5) is 8.78 Å². The van der Waals surface area contributed by atoms with Gasteiger partial charge in [-0.15, -0.1) is 13.9 Å². The second kappa shape index (κ2) is 9.86. The van der Waals surface area contributed by atoms with Gasteiger partial charge in [0.05, 0.1) is 5.41 Å². The molecule has 11 heteroatoms. The minimum absolute atomic E-state index is 0.0227. The molecule has 0 bridgehead atoms. The molecule has 0 radical (unpaired) electrons. The number of fused-ring (bicyclic) bond motifs is 3. The van der Waals surface area contributed by atoms with Crippen molar-refractivity contribution in [1.82, 2.24) is 20.3 Å². The van der Waals surface area contributed by atoms with Crippen LogP contribution in [0.1, 0.15) is 49.4 Å². The lowest BCUT2D eigenvalue weighted by molar-refractivity contribution is -0.287. The third-order valence-electron chi connectivity index (χ3n) is 6.80. The van der Waals surface area contributed by atoms with Crippen LogP contribution in [0.3, 0.4) is 0 Å². The summed E-state index contributed by atoms with van der Waals surface area (Å²) in [4.78, 5) is 15.0. The number of ether oxygens (including phenoxy) is 4. The summed E-state index contributed by atoms with van der Waals surface area (Å²) < 4.78 is 48.4. The van der Waals surface area contributed by atoms with Crippen molar-refractivity contribution in [2.24, 2.45) is 5.41 Å². The number of esters is 1. The van der Waals surface area contributed by atoms with Gasteiger partial charge in [0.2, 0.25) is 11.6 Å². The fraction of sp³-hybridized carbons (Fsp3) is 0.444. The molecule has 3 heterocycles. The van der Waals surface area contributed by atoms with Crippen LogP contribution in [0.25, 0.3) is 0 Å². The third-order valence-corrected chi connectivity index (χ3v) is 6.80.